The Bertz CT molecular complexity index is 572. The van der Waals surface area contributed by atoms with E-state index in [4.69, 9.17) is 5.26 Å². The summed E-state index contributed by atoms with van der Waals surface area (Å²) in [4.78, 5) is 1.23. The van der Waals surface area contributed by atoms with Crippen molar-refractivity contribution in [2.45, 2.75) is 25.8 Å². The van der Waals surface area contributed by atoms with E-state index in [1.165, 1.54) is 17.0 Å². The minimum atomic E-state index is -0.384. The second-order valence-electron chi connectivity index (χ2n) is 4.30. The summed E-state index contributed by atoms with van der Waals surface area (Å²) in [6.45, 7) is 2.12. The number of hydrogen-bond donors (Lipinski definition) is 1. The molecule has 1 atom stereocenters. The Morgan fingerprint density at radius 2 is 2.26 bits per heavy atom. The van der Waals surface area contributed by atoms with Crippen molar-refractivity contribution in [3.05, 3.63) is 52.0 Å². The van der Waals surface area contributed by atoms with Crippen LogP contribution in [0.3, 0.4) is 0 Å². The molecule has 0 saturated carbocycles. The molecule has 0 spiro atoms. The molecule has 0 aliphatic rings. The van der Waals surface area contributed by atoms with Crippen molar-refractivity contribution < 1.29 is 4.39 Å². The second-order valence-corrected chi connectivity index (χ2v) is 5.28. The highest BCUT2D eigenvalue weighted by Gasteiger charge is 2.13. The first-order valence-corrected chi connectivity index (χ1v) is 7.12. The molecule has 0 radical (unpaired) electrons. The smallest absolute Gasteiger partial charge is 0.124 e. The van der Waals surface area contributed by atoms with Crippen LogP contribution in [0.5, 0.6) is 0 Å². The van der Waals surface area contributed by atoms with Crippen LogP contribution in [-0.4, -0.2) is 0 Å². The van der Waals surface area contributed by atoms with E-state index in [2.05, 4.69) is 18.3 Å². The fourth-order valence-corrected chi connectivity index (χ4v) is 2.80. The van der Waals surface area contributed by atoms with Crippen molar-refractivity contribution in [3.63, 3.8) is 0 Å². The largest absolute Gasteiger partial charge is 0.376 e. The zero-order chi connectivity index (χ0) is 13.7. The van der Waals surface area contributed by atoms with E-state index in [9.17, 15) is 4.39 Å². The van der Waals surface area contributed by atoms with Crippen LogP contribution in [0.2, 0.25) is 0 Å². The van der Waals surface area contributed by atoms with Gasteiger partial charge in [0.2, 0.25) is 0 Å². The lowest BCUT2D eigenvalue weighted by Gasteiger charge is -2.19. The number of nitrogens with one attached hydrogen (secondary N) is 1. The van der Waals surface area contributed by atoms with E-state index in [1.807, 2.05) is 17.5 Å². The number of nitrogens with zero attached hydrogens (tertiary/aromatic N) is 1. The van der Waals surface area contributed by atoms with E-state index in [-0.39, 0.29) is 11.9 Å². The normalized spacial score (nSPS) is 11.8. The fourth-order valence-electron chi connectivity index (χ4n) is 1.99. The molecule has 1 aromatic carbocycles. The van der Waals surface area contributed by atoms with Gasteiger partial charge in [-0.25, -0.2) is 4.39 Å². The minimum Gasteiger partial charge on any atom is -0.376 e. The highest BCUT2D eigenvalue weighted by molar-refractivity contribution is 7.10. The highest BCUT2D eigenvalue weighted by atomic mass is 32.1. The van der Waals surface area contributed by atoms with Crippen molar-refractivity contribution in [3.8, 4) is 6.07 Å². The number of nitriles is 1. The van der Waals surface area contributed by atoms with E-state index in [1.54, 1.807) is 17.4 Å². The standard InChI is InChI=1S/C15H15FN2S/c1-2-4-14(15-5-3-8-19-15)18-13-7-6-12(16)9-11(13)10-17/h3,5-9,14,18H,2,4H2,1H3. The molecule has 0 saturated heterocycles. The molecule has 19 heavy (non-hydrogen) atoms. The van der Waals surface area contributed by atoms with E-state index in [0.29, 0.717) is 11.3 Å². The lowest BCUT2D eigenvalue weighted by Crippen LogP contribution is -2.10. The van der Waals surface area contributed by atoms with Crippen molar-refractivity contribution in [2.75, 3.05) is 5.32 Å². The maximum atomic E-state index is 13.1. The van der Waals surface area contributed by atoms with Gasteiger partial charge in [-0.1, -0.05) is 19.4 Å². The summed E-state index contributed by atoms with van der Waals surface area (Å²) in [7, 11) is 0. The van der Waals surface area contributed by atoms with Crippen LogP contribution < -0.4 is 5.32 Å². The van der Waals surface area contributed by atoms with Gasteiger partial charge in [0, 0.05) is 4.88 Å². The van der Waals surface area contributed by atoms with Crippen LogP contribution in [0, 0.1) is 17.1 Å². The topological polar surface area (TPSA) is 35.8 Å². The number of anilines is 1. The highest BCUT2D eigenvalue weighted by Crippen LogP contribution is 2.29. The summed E-state index contributed by atoms with van der Waals surface area (Å²) in [6, 6.07) is 10.6. The van der Waals surface area contributed by atoms with Crippen molar-refractivity contribution in [1.29, 1.82) is 5.26 Å². The molecule has 1 heterocycles. The predicted octanol–water partition coefficient (Wildman–Crippen LogP) is 4.71. The first-order chi connectivity index (χ1) is 9.24. The van der Waals surface area contributed by atoms with Gasteiger partial charge in [0.05, 0.1) is 17.3 Å². The summed E-state index contributed by atoms with van der Waals surface area (Å²) in [5.41, 5.74) is 1.04. The summed E-state index contributed by atoms with van der Waals surface area (Å²) < 4.78 is 13.1. The van der Waals surface area contributed by atoms with E-state index in [0.717, 1.165) is 12.8 Å². The average Bonchev–Trinajstić information content (AvgIpc) is 2.94. The van der Waals surface area contributed by atoms with Crippen LogP contribution in [0.25, 0.3) is 0 Å². The van der Waals surface area contributed by atoms with Gasteiger partial charge < -0.3 is 5.32 Å². The maximum absolute atomic E-state index is 13.1. The quantitative estimate of drug-likeness (QED) is 0.857. The Morgan fingerprint density at radius 3 is 2.89 bits per heavy atom. The Morgan fingerprint density at radius 1 is 1.42 bits per heavy atom. The summed E-state index contributed by atoms with van der Waals surface area (Å²) in [5.74, 6) is -0.384. The van der Waals surface area contributed by atoms with Crippen LogP contribution in [-0.2, 0) is 0 Å². The molecule has 0 aliphatic carbocycles. The lowest BCUT2D eigenvalue weighted by molar-refractivity contribution is 0.627. The Hall–Kier alpha value is -1.86. The van der Waals surface area contributed by atoms with E-state index >= 15 is 0 Å². The number of hydrogen-bond acceptors (Lipinski definition) is 3. The zero-order valence-electron chi connectivity index (χ0n) is 10.7. The second kappa shape index (κ2) is 6.35. The van der Waals surface area contributed by atoms with Gasteiger partial charge in [0.25, 0.3) is 0 Å². The van der Waals surface area contributed by atoms with Gasteiger partial charge in [0.1, 0.15) is 11.9 Å². The van der Waals surface area contributed by atoms with Crippen molar-refractivity contribution in [1.82, 2.24) is 0 Å². The van der Waals surface area contributed by atoms with Crippen LogP contribution in [0.4, 0.5) is 10.1 Å². The third kappa shape index (κ3) is 3.33. The number of thiophene rings is 1. The van der Waals surface area contributed by atoms with Crippen LogP contribution >= 0.6 is 11.3 Å². The predicted molar refractivity (Wildman–Crippen MR) is 76.7 cm³/mol. The van der Waals surface area contributed by atoms with Gasteiger partial charge in [-0.2, -0.15) is 5.26 Å². The van der Waals surface area contributed by atoms with Crippen molar-refractivity contribution >= 4 is 17.0 Å². The molecular weight excluding hydrogens is 259 g/mol. The number of halogens is 1. The maximum Gasteiger partial charge on any atom is 0.124 e. The summed E-state index contributed by atoms with van der Waals surface area (Å²) >= 11 is 1.69. The Kier molecular flexibility index (Phi) is 4.53. The molecule has 2 rings (SSSR count). The molecule has 0 bridgehead atoms. The first kappa shape index (κ1) is 13.6. The van der Waals surface area contributed by atoms with Crippen molar-refractivity contribution in [2.24, 2.45) is 0 Å². The van der Waals surface area contributed by atoms with Crippen LogP contribution in [0.15, 0.2) is 35.7 Å². The third-order valence-corrected chi connectivity index (χ3v) is 3.88. The van der Waals surface area contributed by atoms with Gasteiger partial charge in [-0.3, -0.25) is 0 Å². The molecule has 1 aromatic heterocycles. The van der Waals surface area contributed by atoms with Gasteiger partial charge in [0.15, 0.2) is 0 Å². The molecule has 0 amide bonds. The SMILES string of the molecule is CCCC(Nc1ccc(F)cc1C#N)c1cccs1. The van der Waals surface area contributed by atoms with Crippen LogP contribution in [0.1, 0.15) is 36.2 Å². The number of benzene rings is 1. The molecule has 98 valence electrons. The molecule has 0 aliphatic heterocycles. The average molecular weight is 274 g/mol. The molecule has 2 nitrogen and oxygen atoms in total. The monoisotopic (exact) mass is 274 g/mol. The number of rotatable bonds is 5. The minimum absolute atomic E-state index is 0.169. The molecule has 1 unspecified atom stereocenters. The molecule has 1 N–H and O–H groups in total. The van der Waals surface area contributed by atoms with Gasteiger partial charge >= 0.3 is 0 Å². The molecule has 0 fully saturated rings. The third-order valence-electron chi connectivity index (χ3n) is 2.90. The first-order valence-electron chi connectivity index (χ1n) is 6.24. The lowest BCUT2D eigenvalue weighted by atomic mass is 10.1. The Balaban J connectivity index is 2.25. The van der Waals surface area contributed by atoms with E-state index < -0.39 is 0 Å². The molecular formula is C15H15FN2S. The van der Waals surface area contributed by atoms with Gasteiger partial charge in [-0.15, -0.1) is 11.3 Å². The summed E-state index contributed by atoms with van der Waals surface area (Å²) in [5, 5.41) is 14.4. The Labute approximate surface area is 116 Å². The van der Waals surface area contributed by atoms with Gasteiger partial charge in [-0.05, 0) is 36.1 Å². The molecule has 2 aromatic rings. The fraction of sp³-hybridized carbons (Fsp3) is 0.267. The molecule has 4 heteroatoms. The zero-order valence-corrected chi connectivity index (χ0v) is 11.5. The summed E-state index contributed by atoms with van der Waals surface area (Å²) in [6.07, 6.45) is 2.02.